The number of thiazole rings is 1. The highest BCUT2D eigenvalue weighted by Gasteiger charge is 2.09. The Labute approximate surface area is 116 Å². The van der Waals surface area contributed by atoms with E-state index in [0.717, 1.165) is 23.7 Å². The van der Waals surface area contributed by atoms with E-state index < -0.39 is 0 Å². The molecule has 0 spiro atoms. The van der Waals surface area contributed by atoms with Crippen LogP contribution >= 0.6 is 11.3 Å². The molecule has 3 rings (SSSR count). The Balaban J connectivity index is 2.03. The number of nitrogens with two attached hydrogens (primary N) is 1. The summed E-state index contributed by atoms with van der Waals surface area (Å²) in [6.45, 7) is 3.56. The van der Waals surface area contributed by atoms with Gasteiger partial charge in [-0.05, 0) is 31.5 Å². The number of hydrogen-bond donors (Lipinski definition) is 1. The first-order chi connectivity index (χ1) is 9.28. The van der Waals surface area contributed by atoms with Gasteiger partial charge in [0.2, 0.25) is 0 Å². The van der Waals surface area contributed by atoms with Crippen molar-refractivity contribution in [2.24, 2.45) is 5.73 Å². The molecule has 3 aromatic rings. The molecule has 98 valence electrons. The van der Waals surface area contributed by atoms with Crippen molar-refractivity contribution in [1.82, 2.24) is 9.55 Å². The van der Waals surface area contributed by atoms with Gasteiger partial charge in [0, 0.05) is 28.2 Å². The summed E-state index contributed by atoms with van der Waals surface area (Å²) in [6.07, 6.45) is 3.14. The fraction of sp³-hybridized carbons (Fsp3) is 0.267. The lowest BCUT2D eigenvalue weighted by atomic mass is 10.1. The molecule has 0 aliphatic rings. The van der Waals surface area contributed by atoms with E-state index in [0.29, 0.717) is 6.54 Å². The standard InChI is InChI=1S/C15H17N3S/c1-11-10-19-15(17-11)9-18-8-12(6-7-16)13-4-2-3-5-14(13)18/h2-5,8,10H,6-7,9,16H2,1H3. The Hall–Kier alpha value is -1.65. The highest BCUT2D eigenvalue weighted by atomic mass is 32.1. The molecule has 2 heterocycles. The van der Waals surface area contributed by atoms with Gasteiger partial charge in [-0.25, -0.2) is 4.98 Å². The van der Waals surface area contributed by atoms with Crippen LogP contribution in [0.4, 0.5) is 0 Å². The minimum absolute atomic E-state index is 0.685. The molecule has 0 aliphatic heterocycles. The number of fused-ring (bicyclic) bond motifs is 1. The maximum atomic E-state index is 5.70. The molecule has 0 aliphatic carbocycles. The number of nitrogens with zero attached hydrogens (tertiary/aromatic N) is 2. The molecular formula is C15H17N3S. The minimum Gasteiger partial charge on any atom is -0.340 e. The average Bonchev–Trinajstić information content (AvgIpc) is 2.97. The summed E-state index contributed by atoms with van der Waals surface area (Å²) >= 11 is 1.72. The van der Waals surface area contributed by atoms with Crippen LogP contribution in [0.15, 0.2) is 35.8 Å². The van der Waals surface area contributed by atoms with Crippen molar-refractivity contribution in [3.8, 4) is 0 Å². The van der Waals surface area contributed by atoms with Crippen LogP contribution in [-0.4, -0.2) is 16.1 Å². The van der Waals surface area contributed by atoms with Crippen LogP contribution in [0.3, 0.4) is 0 Å². The number of para-hydroxylation sites is 1. The smallest absolute Gasteiger partial charge is 0.113 e. The third-order valence-electron chi connectivity index (χ3n) is 3.26. The van der Waals surface area contributed by atoms with Crippen LogP contribution in [0, 0.1) is 6.92 Å². The first-order valence-corrected chi connectivity index (χ1v) is 7.33. The SMILES string of the molecule is Cc1csc(Cn2cc(CCN)c3ccccc32)n1. The molecule has 2 aromatic heterocycles. The summed E-state index contributed by atoms with van der Waals surface area (Å²) in [5.74, 6) is 0. The average molecular weight is 271 g/mol. The van der Waals surface area contributed by atoms with Crippen LogP contribution in [0.25, 0.3) is 10.9 Å². The molecule has 19 heavy (non-hydrogen) atoms. The fourth-order valence-electron chi connectivity index (χ4n) is 2.43. The molecular weight excluding hydrogens is 254 g/mol. The lowest BCUT2D eigenvalue weighted by Gasteiger charge is -2.01. The van der Waals surface area contributed by atoms with E-state index in [9.17, 15) is 0 Å². The van der Waals surface area contributed by atoms with Gasteiger partial charge in [-0.3, -0.25) is 0 Å². The molecule has 1 aromatic carbocycles. The Morgan fingerprint density at radius 3 is 2.89 bits per heavy atom. The predicted molar refractivity (Wildman–Crippen MR) is 80.6 cm³/mol. The molecule has 0 atom stereocenters. The molecule has 0 fully saturated rings. The van der Waals surface area contributed by atoms with E-state index in [-0.39, 0.29) is 0 Å². The maximum Gasteiger partial charge on any atom is 0.113 e. The van der Waals surface area contributed by atoms with Crippen molar-refractivity contribution in [2.75, 3.05) is 6.54 Å². The third-order valence-corrected chi connectivity index (χ3v) is 4.21. The molecule has 0 saturated carbocycles. The summed E-state index contributed by atoms with van der Waals surface area (Å²) in [5, 5.41) is 4.56. The Morgan fingerprint density at radius 1 is 1.32 bits per heavy atom. The third kappa shape index (κ3) is 2.41. The normalized spacial score (nSPS) is 11.3. The Bertz CT molecular complexity index is 696. The second-order valence-corrected chi connectivity index (χ2v) is 5.66. The summed E-state index contributed by atoms with van der Waals surface area (Å²) < 4.78 is 2.28. The van der Waals surface area contributed by atoms with Gasteiger partial charge in [0.05, 0.1) is 6.54 Å². The van der Waals surface area contributed by atoms with Gasteiger partial charge in [-0.1, -0.05) is 18.2 Å². The Morgan fingerprint density at radius 2 is 2.16 bits per heavy atom. The second-order valence-electron chi connectivity index (χ2n) is 4.72. The molecule has 4 heteroatoms. The van der Waals surface area contributed by atoms with Gasteiger partial charge in [0.1, 0.15) is 5.01 Å². The number of rotatable bonds is 4. The number of benzene rings is 1. The Kier molecular flexibility index (Phi) is 3.36. The summed E-state index contributed by atoms with van der Waals surface area (Å²) in [6, 6.07) is 8.50. The fourth-order valence-corrected chi connectivity index (χ4v) is 3.20. The van der Waals surface area contributed by atoms with Gasteiger partial charge in [0.15, 0.2) is 0 Å². The monoisotopic (exact) mass is 271 g/mol. The first kappa shape index (κ1) is 12.4. The minimum atomic E-state index is 0.685. The highest BCUT2D eigenvalue weighted by molar-refractivity contribution is 7.09. The van der Waals surface area contributed by atoms with E-state index in [1.807, 2.05) is 6.92 Å². The zero-order valence-electron chi connectivity index (χ0n) is 11.0. The quantitative estimate of drug-likeness (QED) is 0.793. The zero-order chi connectivity index (χ0) is 13.2. The van der Waals surface area contributed by atoms with Crippen molar-refractivity contribution in [1.29, 1.82) is 0 Å². The highest BCUT2D eigenvalue weighted by Crippen LogP contribution is 2.23. The molecule has 0 unspecified atom stereocenters. The zero-order valence-corrected chi connectivity index (χ0v) is 11.8. The summed E-state index contributed by atoms with van der Waals surface area (Å²) in [7, 11) is 0. The van der Waals surface area contributed by atoms with Gasteiger partial charge in [-0.15, -0.1) is 11.3 Å². The molecule has 2 N–H and O–H groups in total. The van der Waals surface area contributed by atoms with Crippen molar-refractivity contribution >= 4 is 22.2 Å². The van der Waals surface area contributed by atoms with Gasteiger partial charge in [0.25, 0.3) is 0 Å². The van der Waals surface area contributed by atoms with Gasteiger partial charge in [-0.2, -0.15) is 0 Å². The second kappa shape index (κ2) is 5.15. The molecule has 0 saturated heterocycles. The van der Waals surface area contributed by atoms with Crippen molar-refractivity contribution < 1.29 is 0 Å². The molecule has 0 radical (unpaired) electrons. The topological polar surface area (TPSA) is 43.8 Å². The maximum absolute atomic E-state index is 5.70. The van der Waals surface area contributed by atoms with E-state index in [4.69, 9.17) is 5.73 Å². The number of aryl methyl sites for hydroxylation is 1. The van der Waals surface area contributed by atoms with Crippen molar-refractivity contribution in [3.05, 3.63) is 52.1 Å². The van der Waals surface area contributed by atoms with Gasteiger partial charge >= 0.3 is 0 Å². The lowest BCUT2D eigenvalue weighted by Crippen LogP contribution is -2.02. The predicted octanol–water partition coefficient (Wildman–Crippen LogP) is 2.96. The van der Waals surface area contributed by atoms with E-state index in [1.165, 1.54) is 16.5 Å². The van der Waals surface area contributed by atoms with Gasteiger partial charge < -0.3 is 10.3 Å². The summed E-state index contributed by atoms with van der Waals surface area (Å²) in [4.78, 5) is 4.54. The molecule has 0 amide bonds. The van der Waals surface area contributed by atoms with Crippen LogP contribution in [0.5, 0.6) is 0 Å². The summed E-state index contributed by atoms with van der Waals surface area (Å²) in [5.41, 5.74) is 9.38. The van der Waals surface area contributed by atoms with Crippen molar-refractivity contribution in [3.63, 3.8) is 0 Å². The number of aromatic nitrogens is 2. The molecule has 0 bridgehead atoms. The number of hydrogen-bond acceptors (Lipinski definition) is 3. The molecule has 3 nitrogen and oxygen atoms in total. The van der Waals surface area contributed by atoms with Crippen LogP contribution < -0.4 is 5.73 Å². The largest absolute Gasteiger partial charge is 0.340 e. The first-order valence-electron chi connectivity index (χ1n) is 6.46. The van der Waals surface area contributed by atoms with E-state index in [2.05, 4.69) is 45.4 Å². The lowest BCUT2D eigenvalue weighted by molar-refractivity contribution is 0.816. The van der Waals surface area contributed by atoms with Crippen LogP contribution in [-0.2, 0) is 13.0 Å². The van der Waals surface area contributed by atoms with E-state index >= 15 is 0 Å². The van der Waals surface area contributed by atoms with Crippen LogP contribution in [0.1, 0.15) is 16.3 Å². The van der Waals surface area contributed by atoms with Crippen LogP contribution in [0.2, 0.25) is 0 Å². The van der Waals surface area contributed by atoms with E-state index in [1.54, 1.807) is 11.3 Å². The van der Waals surface area contributed by atoms with Crippen molar-refractivity contribution in [2.45, 2.75) is 19.9 Å².